The molecule has 29 heavy (non-hydrogen) atoms. The number of amides is 2. The van der Waals surface area contributed by atoms with Gasteiger partial charge in [0.1, 0.15) is 5.75 Å². The Hall–Kier alpha value is -2.96. The summed E-state index contributed by atoms with van der Waals surface area (Å²) in [4.78, 5) is 25.3. The summed E-state index contributed by atoms with van der Waals surface area (Å²) >= 11 is 7.25. The fourth-order valence-corrected chi connectivity index (χ4v) is 3.28. The minimum absolute atomic E-state index is 0.103. The van der Waals surface area contributed by atoms with E-state index in [0.717, 1.165) is 4.90 Å². The number of methoxy groups -OCH3 is 1. The van der Waals surface area contributed by atoms with E-state index >= 15 is 0 Å². The number of ether oxygens (including phenoxy) is 1. The molecular formula is C22H19ClN2O3S. The third kappa shape index (κ3) is 6.27. The number of anilines is 2. The zero-order chi connectivity index (χ0) is 20.6. The number of halogens is 1. The monoisotopic (exact) mass is 426 g/mol. The molecule has 2 N–H and O–H groups in total. The number of benzene rings is 3. The van der Waals surface area contributed by atoms with Crippen LogP contribution in [0, 0.1) is 0 Å². The van der Waals surface area contributed by atoms with Crippen LogP contribution < -0.4 is 15.4 Å². The zero-order valence-corrected chi connectivity index (χ0v) is 17.2. The SMILES string of the molecule is COc1ccc(C(=O)Nc2ccc(SCC(=O)Nc3ccc(Cl)cc3)cc2)cc1. The summed E-state index contributed by atoms with van der Waals surface area (Å²) in [5.74, 6) is 0.674. The Balaban J connectivity index is 1.49. The van der Waals surface area contributed by atoms with Gasteiger partial charge < -0.3 is 15.4 Å². The van der Waals surface area contributed by atoms with Crippen LogP contribution in [0.3, 0.4) is 0 Å². The van der Waals surface area contributed by atoms with Crippen LogP contribution in [0.5, 0.6) is 5.75 Å². The van der Waals surface area contributed by atoms with Crippen LogP contribution in [0.4, 0.5) is 11.4 Å². The fourth-order valence-electron chi connectivity index (χ4n) is 2.46. The Kier molecular flexibility index (Phi) is 7.16. The molecule has 0 aromatic heterocycles. The summed E-state index contributed by atoms with van der Waals surface area (Å²) in [6, 6.07) is 21.2. The van der Waals surface area contributed by atoms with E-state index in [9.17, 15) is 9.59 Å². The first kappa shape index (κ1) is 20.8. The second-order valence-electron chi connectivity index (χ2n) is 6.05. The average molecular weight is 427 g/mol. The first-order valence-corrected chi connectivity index (χ1v) is 10.1. The number of hydrogen-bond donors (Lipinski definition) is 2. The van der Waals surface area contributed by atoms with Crippen molar-refractivity contribution in [3.8, 4) is 5.75 Å². The molecule has 0 aliphatic rings. The van der Waals surface area contributed by atoms with Crippen LogP contribution in [0.25, 0.3) is 0 Å². The Bertz CT molecular complexity index is 974. The van der Waals surface area contributed by atoms with Gasteiger partial charge in [-0.1, -0.05) is 11.6 Å². The minimum atomic E-state index is -0.199. The molecule has 0 unspecified atom stereocenters. The highest BCUT2D eigenvalue weighted by molar-refractivity contribution is 8.00. The van der Waals surface area contributed by atoms with Gasteiger partial charge in [-0.05, 0) is 72.8 Å². The van der Waals surface area contributed by atoms with Crippen molar-refractivity contribution in [1.29, 1.82) is 0 Å². The Labute approximate surface area is 178 Å². The topological polar surface area (TPSA) is 67.4 Å². The molecule has 0 atom stereocenters. The normalized spacial score (nSPS) is 10.3. The van der Waals surface area contributed by atoms with Gasteiger partial charge in [0.05, 0.1) is 12.9 Å². The molecule has 3 aromatic carbocycles. The molecule has 0 radical (unpaired) electrons. The molecular weight excluding hydrogens is 408 g/mol. The van der Waals surface area contributed by atoms with Crippen LogP contribution >= 0.6 is 23.4 Å². The minimum Gasteiger partial charge on any atom is -0.497 e. The molecule has 0 aliphatic carbocycles. The van der Waals surface area contributed by atoms with E-state index in [1.54, 1.807) is 67.8 Å². The van der Waals surface area contributed by atoms with Crippen LogP contribution in [0.15, 0.2) is 77.7 Å². The lowest BCUT2D eigenvalue weighted by Crippen LogP contribution is -2.13. The molecule has 7 heteroatoms. The number of thioether (sulfide) groups is 1. The first-order valence-electron chi connectivity index (χ1n) is 8.77. The fraction of sp³-hybridized carbons (Fsp3) is 0.0909. The van der Waals surface area contributed by atoms with Crippen molar-refractivity contribution in [3.05, 3.63) is 83.4 Å². The van der Waals surface area contributed by atoms with Gasteiger partial charge in [0.15, 0.2) is 0 Å². The molecule has 148 valence electrons. The molecule has 0 saturated carbocycles. The van der Waals surface area contributed by atoms with Gasteiger partial charge in [0.2, 0.25) is 5.91 Å². The summed E-state index contributed by atoms with van der Waals surface area (Å²) in [5.41, 5.74) is 1.93. The third-order valence-electron chi connectivity index (χ3n) is 3.96. The van der Waals surface area contributed by atoms with Gasteiger partial charge in [0.25, 0.3) is 5.91 Å². The van der Waals surface area contributed by atoms with Gasteiger partial charge in [-0.15, -0.1) is 11.8 Å². The van der Waals surface area contributed by atoms with Crippen molar-refractivity contribution in [2.24, 2.45) is 0 Å². The van der Waals surface area contributed by atoms with Gasteiger partial charge in [-0.2, -0.15) is 0 Å². The highest BCUT2D eigenvalue weighted by Gasteiger charge is 2.07. The van der Waals surface area contributed by atoms with Gasteiger partial charge in [-0.25, -0.2) is 0 Å². The van der Waals surface area contributed by atoms with Crippen molar-refractivity contribution in [2.45, 2.75) is 4.90 Å². The van der Waals surface area contributed by atoms with Crippen LogP contribution in [-0.4, -0.2) is 24.7 Å². The highest BCUT2D eigenvalue weighted by Crippen LogP contribution is 2.22. The van der Waals surface area contributed by atoms with E-state index < -0.39 is 0 Å². The van der Waals surface area contributed by atoms with E-state index in [4.69, 9.17) is 16.3 Å². The molecule has 5 nitrogen and oxygen atoms in total. The Morgan fingerprint density at radius 2 is 1.45 bits per heavy atom. The smallest absolute Gasteiger partial charge is 0.255 e. The summed E-state index contributed by atoms with van der Waals surface area (Å²) in [6.45, 7) is 0. The van der Waals surface area contributed by atoms with E-state index in [1.165, 1.54) is 11.8 Å². The molecule has 0 bridgehead atoms. The van der Waals surface area contributed by atoms with Crippen LogP contribution in [0.1, 0.15) is 10.4 Å². The molecule has 2 amide bonds. The van der Waals surface area contributed by atoms with Crippen LogP contribution in [-0.2, 0) is 4.79 Å². The summed E-state index contributed by atoms with van der Waals surface area (Å²) < 4.78 is 5.09. The highest BCUT2D eigenvalue weighted by atomic mass is 35.5. The van der Waals surface area contributed by atoms with Crippen molar-refractivity contribution in [1.82, 2.24) is 0 Å². The molecule has 0 heterocycles. The Morgan fingerprint density at radius 1 is 0.862 bits per heavy atom. The molecule has 0 spiro atoms. The third-order valence-corrected chi connectivity index (χ3v) is 5.23. The maximum absolute atomic E-state index is 12.3. The van der Waals surface area contributed by atoms with Crippen LogP contribution in [0.2, 0.25) is 5.02 Å². The lowest BCUT2D eigenvalue weighted by molar-refractivity contribution is -0.113. The molecule has 3 aromatic rings. The van der Waals surface area contributed by atoms with Crippen molar-refractivity contribution in [2.75, 3.05) is 23.5 Å². The van der Waals surface area contributed by atoms with E-state index in [2.05, 4.69) is 10.6 Å². The molecule has 3 rings (SSSR count). The predicted octanol–water partition coefficient (Wildman–Crippen LogP) is 5.33. The summed E-state index contributed by atoms with van der Waals surface area (Å²) in [5, 5.41) is 6.29. The van der Waals surface area contributed by atoms with E-state index in [1.807, 2.05) is 12.1 Å². The zero-order valence-electron chi connectivity index (χ0n) is 15.6. The van der Waals surface area contributed by atoms with E-state index in [-0.39, 0.29) is 17.6 Å². The maximum Gasteiger partial charge on any atom is 0.255 e. The maximum atomic E-state index is 12.3. The average Bonchev–Trinajstić information content (AvgIpc) is 2.75. The second-order valence-corrected chi connectivity index (χ2v) is 7.54. The quantitative estimate of drug-likeness (QED) is 0.501. The van der Waals surface area contributed by atoms with Crippen molar-refractivity contribution >= 4 is 46.6 Å². The number of carbonyl (C=O) groups excluding carboxylic acids is 2. The largest absolute Gasteiger partial charge is 0.497 e. The predicted molar refractivity (Wildman–Crippen MR) is 118 cm³/mol. The van der Waals surface area contributed by atoms with Gasteiger partial charge in [-0.3, -0.25) is 9.59 Å². The number of rotatable bonds is 7. The summed E-state index contributed by atoms with van der Waals surface area (Å²) in [6.07, 6.45) is 0. The van der Waals surface area contributed by atoms with Crippen molar-refractivity contribution in [3.63, 3.8) is 0 Å². The lowest BCUT2D eigenvalue weighted by atomic mass is 10.2. The molecule has 0 saturated heterocycles. The lowest BCUT2D eigenvalue weighted by Gasteiger charge is -2.08. The van der Waals surface area contributed by atoms with Gasteiger partial charge >= 0.3 is 0 Å². The number of hydrogen-bond acceptors (Lipinski definition) is 4. The standard InChI is InChI=1S/C22H19ClN2O3S/c1-28-19-10-2-15(3-11-19)22(27)25-18-8-12-20(13-9-18)29-14-21(26)24-17-6-4-16(23)5-7-17/h2-13H,14H2,1H3,(H,24,26)(H,25,27). The van der Waals surface area contributed by atoms with Gasteiger partial charge in [0, 0.05) is 26.9 Å². The number of nitrogens with one attached hydrogen (secondary N) is 2. The molecule has 0 fully saturated rings. The van der Waals surface area contributed by atoms with E-state index in [0.29, 0.717) is 27.7 Å². The summed E-state index contributed by atoms with van der Waals surface area (Å²) in [7, 11) is 1.58. The number of carbonyl (C=O) groups is 2. The Morgan fingerprint density at radius 3 is 2.07 bits per heavy atom. The molecule has 0 aliphatic heterocycles. The first-order chi connectivity index (χ1) is 14.0. The second kappa shape index (κ2) is 10.0. The van der Waals surface area contributed by atoms with Crippen molar-refractivity contribution < 1.29 is 14.3 Å².